The van der Waals surface area contributed by atoms with E-state index in [0.717, 1.165) is 6.42 Å². The van der Waals surface area contributed by atoms with E-state index in [9.17, 15) is 8.42 Å². The van der Waals surface area contributed by atoms with Gasteiger partial charge in [0.2, 0.25) is 0 Å². The van der Waals surface area contributed by atoms with Gasteiger partial charge in [-0.2, -0.15) is 0 Å². The van der Waals surface area contributed by atoms with Crippen LogP contribution in [0.3, 0.4) is 0 Å². The van der Waals surface area contributed by atoms with Crippen LogP contribution >= 0.6 is 0 Å². The van der Waals surface area contributed by atoms with Crippen LogP contribution in [-0.2, 0) is 9.84 Å². The highest BCUT2D eigenvalue weighted by atomic mass is 32.2. The number of terminal acetylenes is 1. The molecule has 1 heterocycles. The fraction of sp³-hybridized carbons (Fsp3) is 0.750. The third kappa shape index (κ3) is 1.97. The average molecular weight is 172 g/mol. The van der Waals surface area contributed by atoms with Crippen LogP contribution in [0.5, 0.6) is 0 Å². The van der Waals surface area contributed by atoms with Crippen molar-refractivity contribution in [1.82, 2.24) is 0 Å². The van der Waals surface area contributed by atoms with Crippen LogP contribution in [0.15, 0.2) is 0 Å². The fourth-order valence-electron chi connectivity index (χ4n) is 1.30. The molecule has 0 amide bonds. The second kappa shape index (κ2) is 2.86. The Kier molecular flexibility index (Phi) is 2.24. The summed E-state index contributed by atoms with van der Waals surface area (Å²) in [5.74, 6) is 3.33. The molecule has 0 aromatic carbocycles. The zero-order valence-electron chi connectivity index (χ0n) is 6.58. The van der Waals surface area contributed by atoms with Crippen LogP contribution in [0.4, 0.5) is 0 Å². The van der Waals surface area contributed by atoms with Crippen molar-refractivity contribution < 1.29 is 8.42 Å². The summed E-state index contributed by atoms with van der Waals surface area (Å²) in [7, 11) is -2.82. The van der Waals surface area contributed by atoms with Crippen LogP contribution in [0.1, 0.15) is 13.3 Å². The van der Waals surface area contributed by atoms with Gasteiger partial charge in [0.1, 0.15) is 0 Å². The summed E-state index contributed by atoms with van der Waals surface area (Å²) < 4.78 is 22.1. The third-order valence-corrected chi connectivity index (χ3v) is 3.94. The lowest BCUT2D eigenvalue weighted by molar-refractivity contribution is 0.433. The predicted octanol–water partition coefficient (Wildman–Crippen LogP) is 0.690. The van der Waals surface area contributed by atoms with Crippen molar-refractivity contribution in [3.63, 3.8) is 0 Å². The summed E-state index contributed by atoms with van der Waals surface area (Å²) in [5, 5.41) is 0. The Hall–Kier alpha value is -0.490. The Morgan fingerprint density at radius 3 is 2.64 bits per heavy atom. The highest BCUT2D eigenvalue weighted by Gasteiger charge is 2.28. The van der Waals surface area contributed by atoms with E-state index >= 15 is 0 Å². The third-order valence-electron chi connectivity index (χ3n) is 2.22. The molecule has 1 rings (SSSR count). The van der Waals surface area contributed by atoms with E-state index in [1.54, 1.807) is 0 Å². The van der Waals surface area contributed by atoms with E-state index in [-0.39, 0.29) is 11.7 Å². The molecule has 2 unspecified atom stereocenters. The number of sulfone groups is 1. The second-order valence-corrected chi connectivity index (χ2v) is 5.38. The van der Waals surface area contributed by atoms with Gasteiger partial charge >= 0.3 is 0 Å². The topological polar surface area (TPSA) is 34.1 Å². The molecule has 3 heteroatoms. The van der Waals surface area contributed by atoms with E-state index in [1.807, 2.05) is 6.92 Å². The van der Waals surface area contributed by atoms with Crippen LogP contribution in [0.2, 0.25) is 0 Å². The molecule has 1 aliphatic rings. The summed E-state index contributed by atoms with van der Waals surface area (Å²) in [6.07, 6.45) is 5.92. The van der Waals surface area contributed by atoms with Gasteiger partial charge in [-0.1, -0.05) is 6.92 Å². The van der Waals surface area contributed by atoms with Gasteiger partial charge < -0.3 is 0 Å². The van der Waals surface area contributed by atoms with Crippen molar-refractivity contribution in [3.8, 4) is 12.3 Å². The SMILES string of the molecule is C#CC1CS(=O)(=O)CCC1C. The van der Waals surface area contributed by atoms with Gasteiger partial charge in [0.25, 0.3) is 0 Å². The van der Waals surface area contributed by atoms with Gasteiger partial charge in [0.05, 0.1) is 11.5 Å². The molecule has 62 valence electrons. The van der Waals surface area contributed by atoms with Crippen molar-refractivity contribution in [2.75, 3.05) is 11.5 Å². The summed E-state index contributed by atoms with van der Waals surface area (Å²) in [6, 6.07) is 0. The number of hydrogen-bond donors (Lipinski definition) is 0. The molecule has 0 N–H and O–H groups in total. The van der Waals surface area contributed by atoms with Gasteiger partial charge in [-0.05, 0) is 12.3 Å². The fourth-order valence-corrected chi connectivity index (χ4v) is 3.17. The number of rotatable bonds is 0. The molecule has 2 nitrogen and oxygen atoms in total. The lowest BCUT2D eigenvalue weighted by atomic mass is 9.94. The lowest BCUT2D eigenvalue weighted by Gasteiger charge is -2.23. The highest BCUT2D eigenvalue weighted by Crippen LogP contribution is 2.23. The quantitative estimate of drug-likeness (QED) is 0.504. The molecular formula is C8H12O2S. The van der Waals surface area contributed by atoms with Crippen LogP contribution in [0, 0.1) is 24.2 Å². The predicted molar refractivity (Wildman–Crippen MR) is 44.8 cm³/mol. The smallest absolute Gasteiger partial charge is 0.151 e. The second-order valence-electron chi connectivity index (χ2n) is 3.15. The minimum atomic E-state index is -2.82. The van der Waals surface area contributed by atoms with Crippen LogP contribution < -0.4 is 0 Å². The van der Waals surface area contributed by atoms with Crippen molar-refractivity contribution in [1.29, 1.82) is 0 Å². The molecule has 0 saturated carbocycles. The Balaban J connectivity index is 2.76. The first kappa shape index (κ1) is 8.61. The Bertz CT molecular complexity index is 271. The lowest BCUT2D eigenvalue weighted by Crippen LogP contribution is -2.30. The maximum atomic E-state index is 11.1. The molecule has 0 bridgehead atoms. The van der Waals surface area contributed by atoms with Crippen LogP contribution in [-0.4, -0.2) is 19.9 Å². The van der Waals surface area contributed by atoms with Crippen LogP contribution in [0.25, 0.3) is 0 Å². The normalized spacial score (nSPS) is 36.0. The first-order valence-corrected chi connectivity index (χ1v) is 5.54. The van der Waals surface area contributed by atoms with E-state index in [4.69, 9.17) is 6.42 Å². The minimum Gasteiger partial charge on any atom is -0.229 e. The van der Waals surface area contributed by atoms with Crippen molar-refractivity contribution >= 4 is 9.84 Å². The molecule has 0 radical (unpaired) electrons. The Labute approximate surface area is 67.9 Å². The van der Waals surface area contributed by atoms with E-state index in [0.29, 0.717) is 11.7 Å². The molecule has 2 atom stereocenters. The Morgan fingerprint density at radius 2 is 2.18 bits per heavy atom. The van der Waals surface area contributed by atoms with Gasteiger partial charge in [0, 0.05) is 5.92 Å². The summed E-state index contributed by atoms with van der Waals surface area (Å²) >= 11 is 0. The first-order chi connectivity index (χ1) is 5.05. The highest BCUT2D eigenvalue weighted by molar-refractivity contribution is 7.91. The van der Waals surface area contributed by atoms with Crippen molar-refractivity contribution in [3.05, 3.63) is 0 Å². The van der Waals surface area contributed by atoms with Crippen molar-refractivity contribution in [2.45, 2.75) is 13.3 Å². The van der Waals surface area contributed by atoms with Gasteiger partial charge in [-0.25, -0.2) is 8.42 Å². The molecule has 1 fully saturated rings. The minimum absolute atomic E-state index is 0.0613. The van der Waals surface area contributed by atoms with Gasteiger partial charge in [0.15, 0.2) is 9.84 Å². The largest absolute Gasteiger partial charge is 0.229 e. The molecule has 0 aromatic rings. The standard InChI is InChI=1S/C8H12O2S/c1-3-8-6-11(9,10)5-4-7(8)2/h1,7-8H,4-6H2,2H3. The summed E-state index contributed by atoms with van der Waals surface area (Å²) in [4.78, 5) is 0. The summed E-state index contributed by atoms with van der Waals surface area (Å²) in [6.45, 7) is 2.01. The monoisotopic (exact) mass is 172 g/mol. The zero-order valence-corrected chi connectivity index (χ0v) is 7.39. The first-order valence-electron chi connectivity index (χ1n) is 3.72. The molecule has 0 aromatic heterocycles. The van der Waals surface area contributed by atoms with E-state index < -0.39 is 9.84 Å². The van der Waals surface area contributed by atoms with E-state index in [2.05, 4.69) is 5.92 Å². The number of hydrogen-bond acceptors (Lipinski definition) is 2. The molecular weight excluding hydrogens is 160 g/mol. The van der Waals surface area contributed by atoms with Gasteiger partial charge in [-0.3, -0.25) is 0 Å². The molecule has 1 aliphatic heterocycles. The maximum absolute atomic E-state index is 11.1. The maximum Gasteiger partial charge on any atom is 0.151 e. The zero-order chi connectivity index (χ0) is 8.48. The summed E-state index contributed by atoms with van der Waals surface area (Å²) in [5.41, 5.74) is 0. The molecule has 11 heavy (non-hydrogen) atoms. The van der Waals surface area contributed by atoms with Crippen molar-refractivity contribution in [2.24, 2.45) is 11.8 Å². The molecule has 1 saturated heterocycles. The molecule has 0 aliphatic carbocycles. The van der Waals surface area contributed by atoms with Gasteiger partial charge in [-0.15, -0.1) is 12.3 Å². The average Bonchev–Trinajstić information content (AvgIpc) is 1.94. The molecule has 0 spiro atoms. The van der Waals surface area contributed by atoms with E-state index in [1.165, 1.54) is 0 Å². The Morgan fingerprint density at radius 1 is 1.55 bits per heavy atom.